The van der Waals surface area contributed by atoms with Crippen LogP contribution in [0, 0.1) is 5.41 Å². The monoisotopic (exact) mass is 585 g/mol. The second-order valence-electron chi connectivity index (χ2n) is 11.4. The molecule has 4 amide bonds. The van der Waals surface area contributed by atoms with E-state index in [-0.39, 0.29) is 19.1 Å². The van der Waals surface area contributed by atoms with Gasteiger partial charge >= 0.3 is 6.09 Å². The third-order valence-corrected chi connectivity index (χ3v) is 7.93. The number of nitrogens with one attached hydrogen (secondary N) is 1. The standard InChI is InChI=1S/C32H35N5O6/c1-31(2,43-30(33)41)28(39)34-24(19-42-25-15-9-13-22-12-7-8-14-23(22)25)27(38)37-17-16-26-32(20-37,29(40)36(3)35-26)18-21-10-5-4-6-11-21/h4-15,24H,16-20H2,1-3H3,(H2,33,41)(H,34,39)/t24?,32-/m1/s1. The molecule has 0 radical (unpaired) electrons. The highest BCUT2D eigenvalue weighted by molar-refractivity contribution is 6.13. The molecule has 11 heteroatoms. The average Bonchev–Trinajstić information content (AvgIpc) is 3.23. The summed E-state index contributed by atoms with van der Waals surface area (Å²) in [4.78, 5) is 54.0. The molecule has 3 aromatic rings. The Hall–Kier alpha value is -4.93. The van der Waals surface area contributed by atoms with Crippen molar-refractivity contribution in [2.75, 3.05) is 26.7 Å². The van der Waals surface area contributed by atoms with Crippen LogP contribution in [0.5, 0.6) is 5.75 Å². The van der Waals surface area contributed by atoms with Crippen LogP contribution in [0.15, 0.2) is 77.9 Å². The predicted octanol–water partition coefficient (Wildman–Crippen LogP) is 2.87. The fourth-order valence-electron chi connectivity index (χ4n) is 5.73. The molecule has 0 saturated carbocycles. The van der Waals surface area contributed by atoms with Gasteiger partial charge in [-0.25, -0.2) is 9.80 Å². The Balaban J connectivity index is 1.43. The Kier molecular flexibility index (Phi) is 8.08. The van der Waals surface area contributed by atoms with Crippen molar-refractivity contribution in [2.45, 2.75) is 38.3 Å². The quantitative estimate of drug-likeness (QED) is 0.395. The summed E-state index contributed by atoms with van der Waals surface area (Å²) >= 11 is 0. The molecular formula is C32H35N5O6. The zero-order valence-electron chi connectivity index (χ0n) is 24.4. The second kappa shape index (κ2) is 11.7. The fraction of sp³-hybridized carbons (Fsp3) is 0.344. The lowest BCUT2D eigenvalue weighted by Gasteiger charge is -2.40. The molecule has 11 nitrogen and oxygen atoms in total. The lowest BCUT2D eigenvalue weighted by Crippen LogP contribution is -2.61. The Morgan fingerprint density at radius 2 is 1.74 bits per heavy atom. The highest BCUT2D eigenvalue weighted by Gasteiger charge is 2.54. The number of primary amides is 1. The molecule has 2 aliphatic rings. The number of fused-ring (bicyclic) bond motifs is 2. The minimum Gasteiger partial charge on any atom is -0.490 e. The van der Waals surface area contributed by atoms with Gasteiger partial charge in [0.15, 0.2) is 5.60 Å². The lowest BCUT2D eigenvalue weighted by atomic mass is 9.73. The van der Waals surface area contributed by atoms with Crippen molar-refractivity contribution in [3.63, 3.8) is 0 Å². The summed E-state index contributed by atoms with van der Waals surface area (Å²) in [5.74, 6) is -0.801. The summed E-state index contributed by atoms with van der Waals surface area (Å²) in [6.45, 7) is 2.95. The van der Waals surface area contributed by atoms with E-state index in [1.165, 1.54) is 18.9 Å². The lowest BCUT2D eigenvalue weighted by molar-refractivity contribution is -0.145. The number of piperidine rings is 1. The maximum absolute atomic E-state index is 14.2. The molecule has 2 atom stereocenters. The Labute approximate surface area is 249 Å². The molecule has 1 fully saturated rings. The van der Waals surface area contributed by atoms with Crippen LogP contribution in [0.1, 0.15) is 25.8 Å². The Morgan fingerprint density at radius 3 is 2.49 bits per heavy atom. The van der Waals surface area contributed by atoms with E-state index < -0.39 is 35.0 Å². The number of carbonyl (C=O) groups excluding carboxylic acids is 4. The zero-order valence-corrected chi connectivity index (χ0v) is 24.4. The maximum atomic E-state index is 14.2. The predicted molar refractivity (Wildman–Crippen MR) is 160 cm³/mol. The number of amides is 4. The van der Waals surface area contributed by atoms with E-state index in [4.69, 9.17) is 15.2 Å². The molecule has 1 saturated heterocycles. The second-order valence-corrected chi connectivity index (χ2v) is 11.4. The molecule has 0 bridgehead atoms. The first-order chi connectivity index (χ1) is 20.5. The molecule has 0 aliphatic carbocycles. The first-order valence-corrected chi connectivity index (χ1v) is 14.1. The number of likely N-dealkylation sites (tertiary alicyclic amines) is 1. The van der Waals surface area contributed by atoms with Gasteiger partial charge in [0.25, 0.3) is 11.8 Å². The number of carbonyl (C=O) groups is 4. The van der Waals surface area contributed by atoms with E-state index >= 15 is 0 Å². The van der Waals surface area contributed by atoms with Crippen LogP contribution in [-0.4, -0.2) is 77.8 Å². The molecule has 224 valence electrons. The molecule has 3 aromatic carbocycles. The first kappa shape index (κ1) is 29.6. The summed E-state index contributed by atoms with van der Waals surface area (Å²) in [7, 11) is 1.62. The highest BCUT2D eigenvalue weighted by Crippen LogP contribution is 2.38. The molecule has 2 aliphatic heterocycles. The average molecular weight is 586 g/mol. The van der Waals surface area contributed by atoms with E-state index in [0.717, 1.165) is 22.0 Å². The Morgan fingerprint density at radius 1 is 1.05 bits per heavy atom. The van der Waals surface area contributed by atoms with Crippen LogP contribution in [0.3, 0.4) is 0 Å². The summed E-state index contributed by atoms with van der Waals surface area (Å²) < 4.78 is 11.1. The summed E-state index contributed by atoms with van der Waals surface area (Å²) in [5.41, 5.74) is 4.18. The SMILES string of the molecule is CN1N=C2CCN(C(=O)C(COc3cccc4ccccc34)NC(=O)C(C)(C)OC(N)=O)C[C@@]2(Cc2ccccc2)C1=O. The normalized spacial score (nSPS) is 19.0. The van der Waals surface area contributed by atoms with Crippen molar-refractivity contribution in [1.82, 2.24) is 15.2 Å². The number of hydrogen-bond donors (Lipinski definition) is 2. The molecule has 0 aromatic heterocycles. The fourth-order valence-corrected chi connectivity index (χ4v) is 5.73. The van der Waals surface area contributed by atoms with Crippen LogP contribution in [0.2, 0.25) is 0 Å². The summed E-state index contributed by atoms with van der Waals surface area (Å²) in [5, 5.41) is 10.4. The summed E-state index contributed by atoms with van der Waals surface area (Å²) in [6.07, 6.45) is -0.345. The van der Waals surface area contributed by atoms with Crippen molar-refractivity contribution < 1.29 is 28.7 Å². The minimum atomic E-state index is -1.65. The molecule has 43 heavy (non-hydrogen) atoms. The van der Waals surface area contributed by atoms with Gasteiger partial charge in [0.1, 0.15) is 23.8 Å². The third kappa shape index (κ3) is 6.01. The molecule has 3 N–H and O–H groups in total. The number of ether oxygens (including phenoxy) is 2. The highest BCUT2D eigenvalue weighted by atomic mass is 16.6. The van der Waals surface area contributed by atoms with Crippen molar-refractivity contribution in [1.29, 1.82) is 0 Å². The van der Waals surface area contributed by atoms with Crippen LogP contribution >= 0.6 is 0 Å². The van der Waals surface area contributed by atoms with Crippen molar-refractivity contribution in [3.8, 4) is 5.75 Å². The van der Waals surface area contributed by atoms with E-state index in [1.54, 1.807) is 18.0 Å². The van der Waals surface area contributed by atoms with Gasteiger partial charge in [-0.1, -0.05) is 66.7 Å². The Bertz CT molecular complexity index is 1580. The smallest absolute Gasteiger partial charge is 0.405 e. The molecule has 1 unspecified atom stereocenters. The van der Waals surface area contributed by atoms with E-state index in [0.29, 0.717) is 25.1 Å². The first-order valence-electron chi connectivity index (χ1n) is 14.1. The molecule has 5 rings (SSSR count). The van der Waals surface area contributed by atoms with Gasteiger partial charge in [-0.3, -0.25) is 14.4 Å². The summed E-state index contributed by atoms with van der Waals surface area (Å²) in [6, 6.07) is 21.7. The molecule has 0 spiro atoms. The minimum absolute atomic E-state index is 0.0878. The largest absolute Gasteiger partial charge is 0.490 e. The molecule has 2 heterocycles. The van der Waals surface area contributed by atoms with E-state index in [1.807, 2.05) is 66.7 Å². The number of hydrogen-bond acceptors (Lipinski definition) is 7. The van der Waals surface area contributed by atoms with Gasteiger partial charge in [0.2, 0.25) is 5.91 Å². The van der Waals surface area contributed by atoms with Gasteiger partial charge < -0.3 is 25.4 Å². The van der Waals surface area contributed by atoms with Gasteiger partial charge in [0, 0.05) is 31.9 Å². The van der Waals surface area contributed by atoms with Crippen molar-refractivity contribution >= 4 is 40.3 Å². The van der Waals surface area contributed by atoms with Gasteiger partial charge in [0.05, 0.1) is 5.71 Å². The number of nitrogens with two attached hydrogens (primary N) is 1. The maximum Gasteiger partial charge on any atom is 0.405 e. The van der Waals surface area contributed by atoms with Gasteiger partial charge in [-0.05, 0) is 37.3 Å². The number of benzene rings is 3. The number of hydrazone groups is 1. The van der Waals surface area contributed by atoms with Crippen LogP contribution in [0.4, 0.5) is 4.79 Å². The number of nitrogens with zero attached hydrogens (tertiary/aromatic N) is 3. The van der Waals surface area contributed by atoms with E-state index in [9.17, 15) is 19.2 Å². The van der Waals surface area contributed by atoms with Crippen LogP contribution in [-0.2, 0) is 25.5 Å². The topological polar surface area (TPSA) is 144 Å². The van der Waals surface area contributed by atoms with Gasteiger partial charge in [-0.2, -0.15) is 5.10 Å². The van der Waals surface area contributed by atoms with Gasteiger partial charge in [-0.15, -0.1) is 0 Å². The third-order valence-electron chi connectivity index (χ3n) is 7.93. The number of rotatable bonds is 9. The van der Waals surface area contributed by atoms with Crippen LogP contribution < -0.4 is 15.8 Å². The van der Waals surface area contributed by atoms with E-state index in [2.05, 4.69) is 10.4 Å². The van der Waals surface area contributed by atoms with Crippen molar-refractivity contribution in [2.24, 2.45) is 16.3 Å². The van der Waals surface area contributed by atoms with Crippen molar-refractivity contribution in [3.05, 3.63) is 78.4 Å². The molecular weight excluding hydrogens is 550 g/mol. The zero-order chi connectivity index (χ0) is 30.8. The van der Waals surface area contributed by atoms with Crippen LogP contribution in [0.25, 0.3) is 10.8 Å².